The second kappa shape index (κ2) is 5.14. The van der Waals surface area contributed by atoms with Gasteiger partial charge in [0.25, 0.3) is 0 Å². The number of hydrogen-bond acceptors (Lipinski definition) is 3. The third kappa shape index (κ3) is 3.37. The summed E-state index contributed by atoms with van der Waals surface area (Å²) in [5.41, 5.74) is 0. The van der Waals surface area contributed by atoms with E-state index in [9.17, 15) is 0 Å². The van der Waals surface area contributed by atoms with Gasteiger partial charge in [-0.2, -0.15) is 0 Å². The molecule has 0 spiro atoms. The Bertz CT molecular complexity index is 261. The number of thiocarbonyl (C=S) groups is 1. The van der Waals surface area contributed by atoms with Crippen LogP contribution in [0.4, 0.5) is 0 Å². The van der Waals surface area contributed by atoms with Gasteiger partial charge in [-0.15, -0.1) is 0 Å². The summed E-state index contributed by atoms with van der Waals surface area (Å²) in [6.07, 6.45) is 3.52. The van der Waals surface area contributed by atoms with Crippen molar-refractivity contribution >= 4 is 50.8 Å². The van der Waals surface area contributed by atoms with E-state index in [-0.39, 0.29) is 3.92 Å². The molecule has 0 fully saturated rings. The molecule has 1 unspecified atom stereocenters. The van der Waals surface area contributed by atoms with Crippen LogP contribution in [-0.2, 0) is 0 Å². The third-order valence-electron chi connectivity index (χ3n) is 1.12. The Balaban J connectivity index is 2.59. The standard InChI is InChI=1S/C8H7INS2/c1-6(9)8(11)12-7-2-4-10-5-3-7/h2-6H,1H2. The molecule has 0 aliphatic heterocycles. The Kier molecular flexibility index (Phi) is 4.45. The summed E-state index contributed by atoms with van der Waals surface area (Å²) in [6, 6.07) is 3.88. The number of rotatable bonds is 2. The fourth-order valence-electron chi connectivity index (χ4n) is 0.586. The van der Waals surface area contributed by atoms with Crippen LogP contribution in [0.25, 0.3) is 0 Å². The smallest absolute Gasteiger partial charge is 0.0655 e. The van der Waals surface area contributed by atoms with E-state index in [1.165, 1.54) is 0 Å². The Morgan fingerprint density at radius 1 is 1.58 bits per heavy atom. The molecule has 0 aromatic carbocycles. The first-order valence-electron chi connectivity index (χ1n) is 3.29. The van der Waals surface area contributed by atoms with Crippen LogP contribution < -0.4 is 0 Å². The lowest BCUT2D eigenvalue weighted by molar-refractivity contribution is 1.27. The van der Waals surface area contributed by atoms with Crippen molar-refractivity contribution in [3.8, 4) is 0 Å². The van der Waals surface area contributed by atoms with E-state index in [1.807, 2.05) is 12.1 Å². The first-order chi connectivity index (χ1) is 5.70. The molecule has 1 nitrogen and oxygen atoms in total. The fraction of sp³-hybridized carbons (Fsp3) is 0.125. The minimum atomic E-state index is 0.177. The summed E-state index contributed by atoms with van der Waals surface area (Å²) >= 11 is 8.91. The summed E-state index contributed by atoms with van der Waals surface area (Å²) in [6.45, 7) is 3.84. The van der Waals surface area contributed by atoms with E-state index >= 15 is 0 Å². The summed E-state index contributed by atoms with van der Waals surface area (Å²) < 4.78 is 1.08. The first-order valence-corrected chi connectivity index (χ1v) is 5.76. The van der Waals surface area contributed by atoms with Crippen molar-refractivity contribution in [1.29, 1.82) is 0 Å². The normalized spacial score (nSPS) is 12.5. The third-order valence-corrected chi connectivity index (χ3v) is 4.12. The molecule has 1 atom stereocenters. The van der Waals surface area contributed by atoms with Gasteiger partial charge in [-0.1, -0.05) is 46.6 Å². The van der Waals surface area contributed by atoms with Gasteiger partial charge in [-0.3, -0.25) is 4.98 Å². The number of hydrogen-bond donors (Lipinski definition) is 0. The molecular weight excluding hydrogens is 301 g/mol. The highest BCUT2D eigenvalue weighted by molar-refractivity contribution is 14.1. The topological polar surface area (TPSA) is 12.9 Å². The number of halogens is 1. The van der Waals surface area contributed by atoms with Crippen LogP contribution in [0.2, 0.25) is 0 Å². The quantitative estimate of drug-likeness (QED) is 0.360. The molecule has 0 aliphatic carbocycles. The molecule has 0 N–H and O–H groups in total. The number of thioether (sulfide) groups is 1. The molecule has 1 aromatic heterocycles. The average molecular weight is 308 g/mol. The predicted molar refractivity (Wildman–Crippen MR) is 65.9 cm³/mol. The lowest BCUT2D eigenvalue weighted by atomic mass is 10.5. The van der Waals surface area contributed by atoms with E-state index in [2.05, 4.69) is 34.5 Å². The number of aromatic nitrogens is 1. The van der Waals surface area contributed by atoms with Crippen molar-refractivity contribution in [3.05, 3.63) is 31.5 Å². The molecule has 63 valence electrons. The molecular formula is C8H7INS2. The molecule has 0 aliphatic rings. The van der Waals surface area contributed by atoms with Gasteiger partial charge in [0, 0.05) is 17.3 Å². The van der Waals surface area contributed by atoms with Crippen molar-refractivity contribution < 1.29 is 0 Å². The Morgan fingerprint density at radius 3 is 2.67 bits per heavy atom. The van der Waals surface area contributed by atoms with Crippen LogP contribution in [0.3, 0.4) is 0 Å². The summed E-state index contributed by atoms with van der Waals surface area (Å²) in [5, 5.41) is 0. The van der Waals surface area contributed by atoms with Gasteiger partial charge >= 0.3 is 0 Å². The van der Waals surface area contributed by atoms with Crippen molar-refractivity contribution in [1.82, 2.24) is 4.98 Å². The molecule has 1 radical (unpaired) electrons. The van der Waals surface area contributed by atoms with E-state index in [4.69, 9.17) is 12.2 Å². The fourth-order valence-corrected chi connectivity index (χ4v) is 1.87. The van der Waals surface area contributed by atoms with Crippen molar-refractivity contribution in [2.75, 3.05) is 0 Å². The number of pyridine rings is 1. The molecule has 0 bridgehead atoms. The SMILES string of the molecule is [CH2]C(I)C(=S)Sc1ccncc1. The lowest BCUT2D eigenvalue weighted by Crippen LogP contribution is -2.01. The van der Waals surface area contributed by atoms with Gasteiger partial charge in [-0.25, -0.2) is 0 Å². The summed E-state index contributed by atoms with van der Waals surface area (Å²) in [7, 11) is 0. The molecule has 1 rings (SSSR count). The largest absolute Gasteiger partial charge is 0.265 e. The Hall–Kier alpha value is 0.320. The molecule has 12 heavy (non-hydrogen) atoms. The molecule has 1 aromatic rings. The van der Waals surface area contributed by atoms with E-state index in [0.717, 1.165) is 9.09 Å². The van der Waals surface area contributed by atoms with Gasteiger partial charge in [0.2, 0.25) is 0 Å². The van der Waals surface area contributed by atoms with Crippen LogP contribution in [0.1, 0.15) is 0 Å². The van der Waals surface area contributed by atoms with Crippen LogP contribution in [0, 0.1) is 6.92 Å². The van der Waals surface area contributed by atoms with Gasteiger partial charge in [0.1, 0.15) is 0 Å². The Labute approximate surface area is 95.5 Å². The summed E-state index contributed by atoms with van der Waals surface area (Å²) in [4.78, 5) is 5.05. The van der Waals surface area contributed by atoms with Crippen LogP contribution in [0.15, 0.2) is 29.4 Å². The van der Waals surface area contributed by atoms with Crippen LogP contribution in [0.5, 0.6) is 0 Å². The zero-order chi connectivity index (χ0) is 8.97. The minimum absolute atomic E-state index is 0.177. The first kappa shape index (κ1) is 10.4. The average Bonchev–Trinajstić information content (AvgIpc) is 2.06. The van der Waals surface area contributed by atoms with Gasteiger partial charge in [0.05, 0.1) is 8.12 Å². The molecule has 0 saturated carbocycles. The number of alkyl halides is 1. The number of nitrogens with zero attached hydrogens (tertiary/aromatic N) is 1. The molecule has 0 saturated heterocycles. The predicted octanol–water partition coefficient (Wildman–Crippen LogP) is 3.14. The second-order valence-electron chi connectivity index (χ2n) is 2.07. The van der Waals surface area contributed by atoms with E-state index in [0.29, 0.717) is 0 Å². The van der Waals surface area contributed by atoms with Crippen LogP contribution >= 0.6 is 46.6 Å². The van der Waals surface area contributed by atoms with Crippen molar-refractivity contribution in [2.45, 2.75) is 8.82 Å². The summed E-state index contributed by atoms with van der Waals surface area (Å²) in [5.74, 6) is 0. The maximum atomic E-state index is 5.13. The highest BCUT2D eigenvalue weighted by Crippen LogP contribution is 2.22. The zero-order valence-corrected chi connectivity index (χ0v) is 10.0. The van der Waals surface area contributed by atoms with E-state index in [1.54, 1.807) is 24.2 Å². The van der Waals surface area contributed by atoms with E-state index < -0.39 is 0 Å². The maximum Gasteiger partial charge on any atom is 0.0655 e. The van der Waals surface area contributed by atoms with Crippen molar-refractivity contribution in [2.24, 2.45) is 0 Å². The molecule has 4 heteroatoms. The highest BCUT2D eigenvalue weighted by Gasteiger charge is 2.05. The molecule has 0 amide bonds. The van der Waals surface area contributed by atoms with Gasteiger partial charge in [0.15, 0.2) is 0 Å². The van der Waals surface area contributed by atoms with Gasteiger partial charge < -0.3 is 0 Å². The Morgan fingerprint density at radius 2 is 2.17 bits per heavy atom. The van der Waals surface area contributed by atoms with Crippen LogP contribution in [-0.4, -0.2) is 13.1 Å². The van der Waals surface area contributed by atoms with Gasteiger partial charge in [-0.05, 0) is 19.1 Å². The monoisotopic (exact) mass is 308 g/mol. The second-order valence-corrected chi connectivity index (χ2v) is 5.39. The maximum absolute atomic E-state index is 5.13. The van der Waals surface area contributed by atoms with Crippen molar-refractivity contribution in [3.63, 3.8) is 0 Å². The zero-order valence-electron chi connectivity index (χ0n) is 6.24. The minimum Gasteiger partial charge on any atom is -0.265 e. The highest BCUT2D eigenvalue weighted by atomic mass is 127. The lowest BCUT2D eigenvalue weighted by Gasteiger charge is -2.03. The molecule has 1 heterocycles.